The fourth-order valence-electron chi connectivity index (χ4n) is 3.56. The molecule has 0 radical (unpaired) electrons. The number of carbonyl (C=O) groups excluding carboxylic acids is 4. The van der Waals surface area contributed by atoms with Gasteiger partial charge in [0.1, 0.15) is 18.0 Å². The summed E-state index contributed by atoms with van der Waals surface area (Å²) in [7, 11) is -2.70. The lowest BCUT2D eigenvalue weighted by molar-refractivity contribution is -0.146. The van der Waals surface area contributed by atoms with E-state index in [0.717, 1.165) is 17.5 Å². The summed E-state index contributed by atoms with van der Waals surface area (Å²) >= 11 is 0. The monoisotopic (exact) mass is 582 g/mol. The minimum atomic E-state index is -4.27. The Bertz CT molecular complexity index is 1500. The van der Waals surface area contributed by atoms with E-state index in [2.05, 4.69) is 15.6 Å². The number of pyridine rings is 1. The molecule has 0 fully saturated rings. The molecule has 13 heteroatoms. The molecule has 1 aromatic heterocycles. The van der Waals surface area contributed by atoms with Crippen molar-refractivity contribution in [3.63, 3.8) is 0 Å². The average molecular weight is 583 g/mol. The molecule has 12 nitrogen and oxygen atoms in total. The van der Waals surface area contributed by atoms with Crippen LogP contribution in [0.15, 0.2) is 71.8 Å². The van der Waals surface area contributed by atoms with Gasteiger partial charge in [-0.2, -0.15) is 0 Å². The van der Waals surface area contributed by atoms with Gasteiger partial charge in [-0.25, -0.2) is 13.1 Å². The first kappa shape index (κ1) is 30.8. The summed E-state index contributed by atoms with van der Waals surface area (Å²) in [5.41, 5.74) is 0.976. The molecule has 0 saturated heterocycles. The highest BCUT2D eigenvalue weighted by Gasteiger charge is 2.20. The third kappa shape index (κ3) is 8.86. The molecule has 0 bridgehead atoms. The highest BCUT2D eigenvalue weighted by molar-refractivity contribution is 7.90. The topological polar surface area (TPSA) is 170 Å². The zero-order valence-electron chi connectivity index (χ0n) is 22.7. The molecule has 3 rings (SSSR count). The molecule has 41 heavy (non-hydrogen) atoms. The van der Waals surface area contributed by atoms with Crippen LogP contribution in [-0.2, 0) is 26.0 Å². The number of para-hydroxylation sites is 1. The van der Waals surface area contributed by atoms with Gasteiger partial charge in [-0.3, -0.25) is 24.2 Å². The van der Waals surface area contributed by atoms with Gasteiger partial charge < -0.3 is 20.1 Å². The number of hydrogen-bond acceptors (Lipinski definition) is 9. The van der Waals surface area contributed by atoms with Crippen LogP contribution >= 0.6 is 0 Å². The summed E-state index contributed by atoms with van der Waals surface area (Å²) in [5.74, 6) is -1.93. The van der Waals surface area contributed by atoms with Crippen molar-refractivity contribution in [1.29, 1.82) is 0 Å². The minimum absolute atomic E-state index is 0.0847. The summed E-state index contributed by atoms with van der Waals surface area (Å²) in [6.07, 6.45) is 1.25. The van der Waals surface area contributed by atoms with Gasteiger partial charge in [0.25, 0.3) is 27.7 Å². The summed E-state index contributed by atoms with van der Waals surface area (Å²) in [5, 5.41) is 5.11. The summed E-state index contributed by atoms with van der Waals surface area (Å²) in [4.78, 5) is 52.3. The molecule has 0 saturated carbocycles. The summed E-state index contributed by atoms with van der Waals surface area (Å²) in [6.45, 7) is 3.33. The lowest BCUT2D eigenvalue weighted by Gasteiger charge is -2.10. The highest BCUT2D eigenvalue weighted by atomic mass is 32.2. The van der Waals surface area contributed by atoms with Gasteiger partial charge in [0.2, 0.25) is 0 Å². The van der Waals surface area contributed by atoms with E-state index in [1.54, 1.807) is 21.0 Å². The molecule has 0 unspecified atom stereocenters. The van der Waals surface area contributed by atoms with E-state index in [1.807, 2.05) is 29.0 Å². The molecular weight excluding hydrogens is 552 g/mol. The van der Waals surface area contributed by atoms with Crippen LogP contribution in [0.4, 0.5) is 0 Å². The third-order valence-electron chi connectivity index (χ3n) is 5.55. The Labute approximate surface area is 237 Å². The Morgan fingerprint density at radius 2 is 1.54 bits per heavy atom. The second-order valence-electron chi connectivity index (χ2n) is 8.93. The predicted octanol–water partition coefficient (Wildman–Crippen LogP) is 1.86. The molecule has 0 atom stereocenters. The number of sulfonamides is 1. The van der Waals surface area contributed by atoms with Crippen molar-refractivity contribution in [3.05, 3.63) is 89.2 Å². The van der Waals surface area contributed by atoms with Crippen molar-refractivity contribution in [3.8, 4) is 5.75 Å². The normalized spacial score (nSPS) is 10.9. The summed E-state index contributed by atoms with van der Waals surface area (Å²) in [6, 6.07) is 15.0. The predicted molar refractivity (Wildman–Crippen MR) is 148 cm³/mol. The number of esters is 1. The van der Waals surface area contributed by atoms with E-state index in [-0.39, 0.29) is 40.3 Å². The first-order chi connectivity index (χ1) is 19.5. The van der Waals surface area contributed by atoms with Crippen molar-refractivity contribution >= 4 is 33.7 Å². The first-order valence-electron chi connectivity index (χ1n) is 12.5. The third-order valence-corrected chi connectivity index (χ3v) is 6.89. The van der Waals surface area contributed by atoms with Crippen LogP contribution in [0.2, 0.25) is 0 Å². The Hall–Kier alpha value is -4.78. The largest absolute Gasteiger partial charge is 0.496 e. The lowest BCUT2D eigenvalue weighted by Crippen LogP contribution is -2.33. The van der Waals surface area contributed by atoms with Gasteiger partial charge in [0, 0.05) is 18.3 Å². The maximum Gasteiger partial charge on any atom is 0.325 e. The van der Waals surface area contributed by atoms with Gasteiger partial charge in [-0.05, 0) is 68.3 Å². The fourth-order valence-corrected chi connectivity index (χ4v) is 4.53. The number of nitrogens with zero attached hydrogens (tertiary/aromatic N) is 1. The van der Waals surface area contributed by atoms with Crippen molar-refractivity contribution < 1.29 is 37.1 Å². The Morgan fingerprint density at radius 1 is 0.854 bits per heavy atom. The number of aromatic nitrogens is 1. The molecule has 3 amide bonds. The summed E-state index contributed by atoms with van der Waals surface area (Å²) < 4.78 is 37.6. The lowest BCUT2D eigenvalue weighted by atomic mass is 10.1. The first-order valence-corrected chi connectivity index (χ1v) is 14.0. The van der Waals surface area contributed by atoms with E-state index in [4.69, 9.17) is 9.47 Å². The molecule has 0 spiro atoms. The van der Waals surface area contributed by atoms with Gasteiger partial charge in [0.15, 0.2) is 0 Å². The molecule has 3 aromatic rings. The van der Waals surface area contributed by atoms with Gasteiger partial charge in [0.05, 0.1) is 23.7 Å². The number of benzene rings is 2. The van der Waals surface area contributed by atoms with E-state index in [1.165, 1.54) is 36.4 Å². The number of amides is 3. The Morgan fingerprint density at radius 3 is 2.17 bits per heavy atom. The van der Waals surface area contributed by atoms with Gasteiger partial charge >= 0.3 is 5.97 Å². The quantitative estimate of drug-likeness (QED) is 0.270. The van der Waals surface area contributed by atoms with Gasteiger partial charge in [-0.1, -0.05) is 18.2 Å². The minimum Gasteiger partial charge on any atom is -0.496 e. The zero-order valence-corrected chi connectivity index (χ0v) is 23.5. The second-order valence-corrected chi connectivity index (χ2v) is 10.6. The SMILES string of the molecule is COc1ccccc1CCNC(=O)c1ccc(S(=O)(=O)NC(=O)c2ccc(C(=O)NCC(=O)OC(C)C)nc2)cc1. The number of ether oxygens (including phenoxy) is 2. The van der Waals surface area contributed by atoms with Gasteiger partial charge in [-0.15, -0.1) is 0 Å². The highest BCUT2D eigenvalue weighted by Crippen LogP contribution is 2.17. The zero-order chi connectivity index (χ0) is 30.0. The van der Waals surface area contributed by atoms with Crippen LogP contribution in [0.5, 0.6) is 5.75 Å². The maximum atomic E-state index is 12.7. The van der Waals surface area contributed by atoms with Crippen molar-refractivity contribution in [2.24, 2.45) is 0 Å². The van der Waals surface area contributed by atoms with Crippen LogP contribution in [-0.4, -0.2) is 63.4 Å². The Kier molecular flexibility index (Phi) is 10.5. The smallest absolute Gasteiger partial charge is 0.325 e. The number of rotatable bonds is 12. The number of carbonyl (C=O) groups is 4. The number of hydrogen-bond donors (Lipinski definition) is 3. The van der Waals surface area contributed by atoms with Crippen LogP contribution in [0.3, 0.4) is 0 Å². The van der Waals surface area contributed by atoms with Crippen molar-refractivity contribution in [2.75, 3.05) is 20.2 Å². The standard InChI is InChI=1S/C28H30N4O8S/c1-18(2)40-25(33)17-31-28(36)23-13-10-21(16-30-23)27(35)32-41(37,38)22-11-8-20(9-12-22)26(34)29-15-14-19-6-4-5-7-24(19)39-3/h4-13,16,18H,14-15,17H2,1-3H3,(H,29,34)(H,31,36)(H,32,35). The average Bonchev–Trinajstić information content (AvgIpc) is 2.95. The van der Waals surface area contributed by atoms with E-state index >= 15 is 0 Å². The molecule has 0 aliphatic rings. The van der Waals surface area contributed by atoms with Crippen molar-refractivity contribution in [2.45, 2.75) is 31.3 Å². The fraction of sp³-hybridized carbons (Fsp3) is 0.250. The van der Waals surface area contributed by atoms with Crippen LogP contribution in [0.1, 0.15) is 50.6 Å². The number of nitrogens with one attached hydrogen (secondary N) is 3. The van der Waals surface area contributed by atoms with Crippen LogP contribution in [0.25, 0.3) is 0 Å². The van der Waals surface area contributed by atoms with E-state index in [0.29, 0.717) is 13.0 Å². The van der Waals surface area contributed by atoms with E-state index in [9.17, 15) is 27.6 Å². The molecule has 2 aromatic carbocycles. The molecule has 0 aliphatic heterocycles. The molecule has 216 valence electrons. The van der Waals surface area contributed by atoms with E-state index < -0.39 is 27.8 Å². The molecule has 1 heterocycles. The van der Waals surface area contributed by atoms with Crippen LogP contribution < -0.4 is 20.1 Å². The maximum absolute atomic E-state index is 12.7. The number of methoxy groups -OCH3 is 1. The molecular formula is C28H30N4O8S. The van der Waals surface area contributed by atoms with Crippen LogP contribution in [0, 0.1) is 0 Å². The molecule has 3 N–H and O–H groups in total. The molecule has 0 aliphatic carbocycles. The second kappa shape index (κ2) is 14.0. The van der Waals surface area contributed by atoms with Crippen molar-refractivity contribution in [1.82, 2.24) is 20.3 Å². The Balaban J connectivity index is 1.54.